The number of nitrogens with one attached hydrogen (secondary N) is 1. The first-order valence-electron chi connectivity index (χ1n) is 13.0. The highest BCUT2D eigenvalue weighted by Gasteiger charge is 2.51. The Hall–Kier alpha value is -2.00. The van der Waals surface area contributed by atoms with Crippen molar-refractivity contribution >= 4 is 11.9 Å². The van der Waals surface area contributed by atoms with E-state index in [1.54, 1.807) is 19.9 Å². The summed E-state index contributed by atoms with van der Waals surface area (Å²) in [5, 5.41) is 12.5. The van der Waals surface area contributed by atoms with Crippen molar-refractivity contribution in [2.75, 3.05) is 13.2 Å². The van der Waals surface area contributed by atoms with Gasteiger partial charge in [0, 0.05) is 25.8 Å². The molecule has 1 spiro atoms. The number of hydrogen-bond acceptors (Lipinski definition) is 7. The maximum Gasteiger partial charge on any atom is 0.303 e. The van der Waals surface area contributed by atoms with Crippen LogP contribution in [0.15, 0.2) is 36.0 Å². The van der Waals surface area contributed by atoms with Crippen molar-refractivity contribution in [3.05, 3.63) is 36.0 Å². The van der Waals surface area contributed by atoms with Gasteiger partial charge in [0.05, 0.1) is 49.3 Å². The minimum Gasteiger partial charge on any atom is -0.456 e. The highest BCUT2D eigenvalue weighted by atomic mass is 16.6. The molecule has 3 saturated heterocycles. The molecule has 8 heteroatoms. The molecule has 0 radical (unpaired) electrons. The summed E-state index contributed by atoms with van der Waals surface area (Å²) in [6.45, 7) is 11.8. The molecule has 7 atom stereocenters. The first-order chi connectivity index (χ1) is 16.9. The molecule has 8 nitrogen and oxygen atoms in total. The Morgan fingerprint density at radius 2 is 1.89 bits per heavy atom. The van der Waals surface area contributed by atoms with Crippen molar-refractivity contribution in [3.63, 3.8) is 0 Å². The van der Waals surface area contributed by atoms with E-state index in [-0.39, 0.29) is 54.5 Å². The van der Waals surface area contributed by atoms with Gasteiger partial charge in [-0.2, -0.15) is 0 Å². The Labute approximate surface area is 215 Å². The zero-order valence-corrected chi connectivity index (χ0v) is 22.5. The summed E-state index contributed by atoms with van der Waals surface area (Å²) >= 11 is 0. The number of carbonyl (C=O) groups is 2. The van der Waals surface area contributed by atoms with E-state index in [0.717, 1.165) is 37.9 Å². The Balaban J connectivity index is 1.47. The molecule has 0 saturated carbocycles. The van der Waals surface area contributed by atoms with Crippen molar-refractivity contribution in [1.82, 2.24) is 5.32 Å². The lowest BCUT2D eigenvalue weighted by atomic mass is 9.88. The number of aliphatic hydroxyl groups excluding tert-OH is 1. The van der Waals surface area contributed by atoms with Crippen LogP contribution in [0.2, 0.25) is 0 Å². The van der Waals surface area contributed by atoms with Gasteiger partial charge in [-0.1, -0.05) is 30.7 Å². The van der Waals surface area contributed by atoms with Gasteiger partial charge in [-0.05, 0) is 52.5 Å². The fraction of sp³-hybridized carbons (Fsp3) is 0.714. The molecule has 202 valence electrons. The minimum absolute atomic E-state index is 0.0172. The molecule has 0 bridgehead atoms. The molecule has 3 aliphatic rings. The van der Waals surface area contributed by atoms with Crippen LogP contribution in [0.25, 0.3) is 0 Å². The summed E-state index contributed by atoms with van der Waals surface area (Å²) in [7, 11) is 0. The lowest BCUT2D eigenvalue weighted by Gasteiger charge is -2.39. The number of carbonyl (C=O) groups excluding carboxylic acids is 2. The predicted octanol–water partition coefficient (Wildman–Crippen LogP) is 3.38. The zero-order valence-electron chi connectivity index (χ0n) is 22.5. The van der Waals surface area contributed by atoms with E-state index >= 15 is 0 Å². The van der Waals surface area contributed by atoms with Crippen LogP contribution in [0.3, 0.4) is 0 Å². The average molecular weight is 506 g/mol. The summed E-state index contributed by atoms with van der Waals surface area (Å²) in [4.78, 5) is 23.6. The van der Waals surface area contributed by atoms with Crippen LogP contribution >= 0.6 is 0 Å². The van der Waals surface area contributed by atoms with Crippen LogP contribution < -0.4 is 5.32 Å². The topological polar surface area (TPSA) is 107 Å². The molecular formula is C28H43NO7. The van der Waals surface area contributed by atoms with Gasteiger partial charge >= 0.3 is 5.97 Å². The Bertz CT molecular complexity index is 873. The quantitative estimate of drug-likeness (QED) is 0.214. The lowest BCUT2D eigenvalue weighted by molar-refractivity contribution is -0.149. The molecule has 3 rings (SSSR count). The lowest BCUT2D eigenvalue weighted by Crippen LogP contribution is -2.50. The number of amides is 1. The second kappa shape index (κ2) is 12.0. The molecule has 1 amide bonds. The fourth-order valence-corrected chi connectivity index (χ4v) is 5.02. The molecule has 3 heterocycles. The predicted molar refractivity (Wildman–Crippen MR) is 136 cm³/mol. The van der Waals surface area contributed by atoms with Crippen LogP contribution in [-0.4, -0.2) is 71.9 Å². The van der Waals surface area contributed by atoms with Crippen molar-refractivity contribution in [3.8, 4) is 0 Å². The standard InChI is InChI=1S/C28H43NO7/c1-18(7-9-22-14-28(17-33-28)15-23(16-30)35-22)8-10-25-19(2)13-24(20(3)34-25)29-26(32)11-12-27(5,6)36-21(4)31/h7-9,11-12,19-20,22-25,30H,10,13-17H2,1-6H3,(H,29,32)/b9-7+,12-11-,18-8+/t19?,20?,22?,23-,24?,25?,28-/m1/s1. The Morgan fingerprint density at radius 3 is 2.53 bits per heavy atom. The molecule has 36 heavy (non-hydrogen) atoms. The molecule has 5 unspecified atom stereocenters. The van der Waals surface area contributed by atoms with Crippen molar-refractivity contribution in [2.24, 2.45) is 5.92 Å². The van der Waals surface area contributed by atoms with Crippen molar-refractivity contribution in [2.45, 2.75) is 109 Å². The van der Waals surface area contributed by atoms with Crippen LogP contribution in [0.4, 0.5) is 0 Å². The highest BCUT2D eigenvalue weighted by molar-refractivity contribution is 5.88. The summed E-state index contributed by atoms with van der Waals surface area (Å²) < 4.78 is 23.0. The Kier molecular flexibility index (Phi) is 9.55. The minimum atomic E-state index is -0.842. The number of ether oxygens (including phenoxy) is 4. The highest BCUT2D eigenvalue weighted by Crippen LogP contribution is 2.42. The maximum atomic E-state index is 12.4. The summed E-state index contributed by atoms with van der Waals surface area (Å²) in [6.07, 6.45) is 12.3. The summed E-state index contributed by atoms with van der Waals surface area (Å²) in [6, 6.07) is -0.0879. The van der Waals surface area contributed by atoms with E-state index in [9.17, 15) is 14.7 Å². The largest absolute Gasteiger partial charge is 0.456 e. The van der Waals surface area contributed by atoms with Gasteiger partial charge in [0.25, 0.3) is 0 Å². The summed E-state index contributed by atoms with van der Waals surface area (Å²) in [5.74, 6) is -0.341. The third-order valence-electron chi connectivity index (χ3n) is 7.13. The smallest absolute Gasteiger partial charge is 0.303 e. The molecule has 0 aromatic rings. The normalized spacial score (nSPS) is 35.4. The van der Waals surface area contributed by atoms with Gasteiger partial charge in [-0.25, -0.2) is 0 Å². The van der Waals surface area contributed by atoms with Gasteiger partial charge < -0.3 is 29.4 Å². The maximum absolute atomic E-state index is 12.4. The van der Waals surface area contributed by atoms with Gasteiger partial charge in [0.15, 0.2) is 0 Å². The number of allylic oxidation sites excluding steroid dienone is 2. The third kappa shape index (κ3) is 8.54. The number of esters is 1. The monoisotopic (exact) mass is 505 g/mol. The first kappa shape index (κ1) is 28.6. The second-order valence-corrected chi connectivity index (χ2v) is 11.1. The molecule has 3 fully saturated rings. The first-order valence-corrected chi connectivity index (χ1v) is 13.0. The molecule has 0 aliphatic carbocycles. The molecule has 3 aliphatic heterocycles. The molecule has 2 N–H and O–H groups in total. The second-order valence-electron chi connectivity index (χ2n) is 11.1. The van der Waals surface area contributed by atoms with Crippen LogP contribution in [0.5, 0.6) is 0 Å². The van der Waals surface area contributed by atoms with E-state index < -0.39 is 11.6 Å². The van der Waals surface area contributed by atoms with Gasteiger partial charge in [-0.15, -0.1) is 0 Å². The van der Waals surface area contributed by atoms with E-state index in [1.165, 1.54) is 13.0 Å². The SMILES string of the molecule is CC(=O)OC(C)(C)/C=C\C(=O)NC1CC(C)C(C/C=C(C)/C=C/C2C[C@]3(CO3)C[C@H](CO)O2)OC1C. The molecule has 0 aromatic heterocycles. The number of epoxide rings is 1. The van der Waals surface area contributed by atoms with E-state index in [4.69, 9.17) is 18.9 Å². The van der Waals surface area contributed by atoms with E-state index in [0.29, 0.717) is 0 Å². The number of rotatable bonds is 9. The van der Waals surface area contributed by atoms with Gasteiger partial charge in [-0.3, -0.25) is 9.59 Å². The summed E-state index contributed by atoms with van der Waals surface area (Å²) in [5.41, 5.74) is 0.195. The van der Waals surface area contributed by atoms with E-state index in [1.807, 2.05) is 6.92 Å². The third-order valence-corrected chi connectivity index (χ3v) is 7.13. The van der Waals surface area contributed by atoms with Gasteiger partial charge in [0.2, 0.25) is 5.91 Å². The van der Waals surface area contributed by atoms with E-state index in [2.05, 4.69) is 37.4 Å². The zero-order chi connectivity index (χ0) is 26.5. The van der Waals surface area contributed by atoms with Crippen LogP contribution in [0, 0.1) is 5.92 Å². The number of hydrogen-bond donors (Lipinski definition) is 2. The van der Waals surface area contributed by atoms with Crippen LogP contribution in [-0.2, 0) is 28.5 Å². The van der Waals surface area contributed by atoms with Gasteiger partial charge in [0.1, 0.15) is 5.60 Å². The average Bonchev–Trinajstić information content (AvgIpc) is 3.54. The number of aliphatic hydroxyl groups is 1. The van der Waals surface area contributed by atoms with Crippen molar-refractivity contribution in [1.29, 1.82) is 0 Å². The van der Waals surface area contributed by atoms with Crippen LogP contribution in [0.1, 0.15) is 67.2 Å². The van der Waals surface area contributed by atoms with Crippen molar-refractivity contribution < 1.29 is 33.6 Å². The Morgan fingerprint density at radius 1 is 1.17 bits per heavy atom. The molecule has 0 aromatic carbocycles. The molecular weight excluding hydrogens is 462 g/mol. The fourth-order valence-electron chi connectivity index (χ4n) is 5.02.